The Bertz CT molecular complexity index is 981. The number of carbonyl (C=O) groups excluding carboxylic acids is 2. The number of pyridine rings is 1. The average Bonchev–Trinajstić information content (AvgIpc) is 2.90. The Hall–Kier alpha value is -2.66. The lowest BCUT2D eigenvalue weighted by Gasteiger charge is -2.13. The van der Waals surface area contributed by atoms with Gasteiger partial charge in [0, 0.05) is 22.5 Å². The van der Waals surface area contributed by atoms with Gasteiger partial charge in [0.1, 0.15) is 0 Å². The highest BCUT2D eigenvalue weighted by molar-refractivity contribution is 7.99. The first-order chi connectivity index (χ1) is 12.6. The maximum Gasteiger partial charge on any atom is 0.261 e. The van der Waals surface area contributed by atoms with Crippen LogP contribution < -0.4 is 0 Å². The standard InChI is InChI=1S/C21H18N2O2S/c1-14-13-19(17-9-4-5-10-18(17)22-14)26-12-6-11-23-20(24)15-7-2-3-8-16(15)21(23)25/h2-5,7-10,13H,6,11-12H2,1H3. The van der Waals surface area contributed by atoms with Gasteiger partial charge in [0.25, 0.3) is 11.8 Å². The Morgan fingerprint density at radius 2 is 1.62 bits per heavy atom. The molecule has 1 aliphatic heterocycles. The minimum Gasteiger partial charge on any atom is -0.274 e. The largest absolute Gasteiger partial charge is 0.274 e. The van der Waals surface area contributed by atoms with Crippen molar-refractivity contribution in [3.05, 3.63) is 71.4 Å². The maximum absolute atomic E-state index is 12.4. The fourth-order valence-electron chi connectivity index (χ4n) is 3.24. The third-order valence-electron chi connectivity index (χ3n) is 4.47. The molecule has 1 aliphatic rings. The second-order valence-corrected chi connectivity index (χ2v) is 7.43. The fourth-order valence-corrected chi connectivity index (χ4v) is 4.31. The van der Waals surface area contributed by atoms with Gasteiger partial charge in [-0.15, -0.1) is 11.8 Å². The summed E-state index contributed by atoms with van der Waals surface area (Å²) in [5.41, 5.74) is 3.02. The van der Waals surface area contributed by atoms with Crippen LogP contribution in [0, 0.1) is 6.92 Å². The molecule has 0 radical (unpaired) electrons. The van der Waals surface area contributed by atoms with Crippen LogP contribution in [0.15, 0.2) is 59.5 Å². The molecular formula is C21H18N2O2S. The van der Waals surface area contributed by atoms with E-state index in [-0.39, 0.29) is 11.8 Å². The molecule has 0 N–H and O–H groups in total. The summed E-state index contributed by atoms with van der Waals surface area (Å²) < 4.78 is 0. The number of hydrogen-bond acceptors (Lipinski definition) is 4. The lowest BCUT2D eigenvalue weighted by atomic mass is 10.1. The Morgan fingerprint density at radius 1 is 0.962 bits per heavy atom. The number of fused-ring (bicyclic) bond motifs is 2. The van der Waals surface area contributed by atoms with Gasteiger partial charge >= 0.3 is 0 Å². The summed E-state index contributed by atoms with van der Waals surface area (Å²) in [6.45, 7) is 2.44. The summed E-state index contributed by atoms with van der Waals surface area (Å²) in [4.78, 5) is 31.9. The van der Waals surface area contributed by atoms with E-state index in [2.05, 4.69) is 17.1 Å². The van der Waals surface area contributed by atoms with Crippen LogP contribution in [0.3, 0.4) is 0 Å². The van der Waals surface area contributed by atoms with Gasteiger partial charge in [0.15, 0.2) is 0 Å². The quantitative estimate of drug-likeness (QED) is 0.385. The minimum absolute atomic E-state index is 0.180. The SMILES string of the molecule is Cc1cc(SCCCN2C(=O)c3ccccc3C2=O)c2ccccc2n1. The molecule has 2 amide bonds. The Balaban J connectivity index is 1.41. The molecule has 4 rings (SSSR count). The summed E-state index contributed by atoms with van der Waals surface area (Å²) in [5.74, 6) is 0.475. The second-order valence-electron chi connectivity index (χ2n) is 6.29. The molecule has 2 aromatic carbocycles. The van der Waals surface area contributed by atoms with Gasteiger partial charge in [-0.05, 0) is 43.4 Å². The van der Waals surface area contributed by atoms with Crippen molar-refractivity contribution >= 4 is 34.5 Å². The number of thioether (sulfide) groups is 1. The summed E-state index contributed by atoms with van der Waals surface area (Å²) in [7, 11) is 0. The predicted molar refractivity (Wildman–Crippen MR) is 104 cm³/mol. The molecule has 2 heterocycles. The van der Waals surface area contributed by atoms with E-state index in [0.29, 0.717) is 17.7 Å². The Kier molecular flexibility index (Phi) is 4.47. The molecule has 0 atom stereocenters. The van der Waals surface area contributed by atoms with E-state index >= 15 is 0 Å². The summed E-state index contributed by atoms with van der Waals surface area (Å²) in [6.07, 6.45) is 0.756. The zero-order valence-corrected chi connectivity index (χ0v) is 15.3. The van der Waals surface area contributed by atoms with Crippen molar-refractivity contribution in [2.45, 2.75) is 18.2 Å². The number of benzene rings is 2. The van der Waals surface area contributed by atoms with Crippen LogP contribution in [0.5, 0.6) is 0 Å². The van der Waals surface area contributed by atoms with Gasteiger partial charge < -0.3 is 0 Å². The van der Waals surface area contributed by atoms with E-state index in [1.807, 2.05) is 25.1 Å². The van der Waals surface area contributed by atoms with Crippen LogP contribution in [0.4, 0.5) is 0 Å². The van der Waals surface area contributed by atoms with Crippen LogP contribution >= 0.6 is 11.8 Å². The number of hydrogen-bond donors (Lipinski definition) is 0. The number of aromatic nitrogens is 1. The van der Waals surface area contributed by atoms with Crippen molar-refractivity contribution in [2.24, 2.45) is 0 Å². The van der Waals surface area contributed by atoms with Gasteiger partial charge in [-0.25, -0.2) is 0 Å². The molecule has 0 fully saturated rings. The highest BCUT2D eigenvalue weighted by Gasteiger charge is 2.34. The number of carbonyl (C=O) groups is 2. The minimum atomic E-state index is -0.180. The van der Waals surface area contributed by atoms with Crippen molar-refractivity contribution in [2.75, 3.05) is 12.3 Å². The van der Waals surface area contributed by atoms with Crippen LogP contribution in [0.25, 0.3) is 10.9 Å². The number of nitrogens with zero attached hydrogens (tertiary/aromatic N) is 2. The first-order valence-corrected chi connectivity index (χ1v) is 9.58. The van der Waals surface area contributed by atoms with Crippen LogP contribution in [-0.4, -0.2) is 34.0 Å². The Morgan fingerprint density at radius 3 is 2.35 bits per heavy atom. The number of amides is 2. The molecular weight excluding hydrogens is 344 g/mol. The second kappa shape index (κ2) is 6.92. The first-order valence-electron chi connectivity index (χ1n) is 8.59. The smallest absolute Gasteiger partial charge is 0.261 e. The zero-order chi connectivity index (χ0) is 18.1. The Labute approximate surface area is 156 Å². The van der Waals surface area contributed by atoms with E-state index in [1.54, 1.807) is 36.0 Å². The van der Waals surface area contributed by atoms with E-state index < -0.39 is 0 Å². The van der Waals surface area contributed by atoms with Gasteiger partial charge in [-0.3, -0.25) is 19.5 Å². The number of rotatable bonds is 5. The predicted octanol–water partition coefficient (Wildman–Crippen LogP) is 4.32. The maximum atomic E-state index is 12.4. The van der Waals surface area contributed by atoms with Crippen molar-refractivity contribution in [3.8, 4) is 0 Å². The molecule has 0 saturated heterocycles. The molecule has 0 unspecified atom stereocenters. The molecule has 3 aromatic rings. The zero-order valence-electron chi connectivity index (χ0n) is 14.4. The fraction of sp³-hybridized carbons (Fsp3) is 0.190. The molecule has 0 saturated carbocycles. The number of aryl methyl sites for hydroxylation is 1. The average molecular weight is 362 g/mol. The van der Waals surface area contributed by atoms with Gasteiger partial charge in [-0.1, -0.05) is 30.3 Å². The van der Waals surface area contributed by atoms with E-state index in [0.717, 1.165) is 28.8 Å². The van der Waals surface area contributed by atoms with E-state index in [1.165, 1.54) is 9.80 Å². The van der Waals surface area contributed by atoms with Crippen molar-refractivity contribution in [1.82, 2.24) is 9.88 Å². The van der Waals surface area contributed by atoms with Gasteiger partial charge in [-0.2, -0.15) is 0 Å². The van der Waals surface area contributed by atoms with E-state index in [9.17, 15) is 9.59 Å². The normalized spacial score (nSPS) is 13.5. The van der Waals surface area contributed by atoms with Crippen molar-refractivity contribution in [3.63, 3.8) is 0 Å². The first kappa shape index (κ1) is 16.8. The summed E-state index contributed by atoms with van der Waals surface area (Å²) in [5, 5.41) is 1.14. The van der Waals surface area contributed by atoms with Crippen LogP contribution in [0.2, 0.25) is 0 Å². The highest BCUT2D eigenvalue weighted by Crippen LogP contribution is 2.29. The van der Waals surface area contributed by atoms with Gasteiger partial charge in [0.05, 0.1) is 16.6 Å². The molecule has 130 valence electrons. The third kappa shape index (κ3) is 2.99. The summed E-state index contributed by atoms with van der Waals surface area (Å²) >= 11 is 1.74. The van der Waals surface area contributed by atoms with Gasteiger partial charge in [0.2, 0.25) is 0 Å². The van der Waals surface area contributed by atoms with E-state index in [4.69, 9.17) is 0 Å². The number of imide groups is 1. The lowest BCUT2D eigenvalue weighted by molar-refractivity contribution is 0.0655. The molecule has 1 aromatic heterocycles. The number of para-hydroxylation sites is 1. The summed E-state index contributed by atoms with van der Waals surface area (Å²) in [6, 6.07) is 17.2. The molecule has 0 bridgehead atoms. The topological polar surface area (TPSA) is 50.3 Å². The lowest BCUT2D eigenvalue weighted by Crippen LogP contribution is -2.30. The molecule has 26 heavy (non-hydrogen) atoms. The van der Waals surface area contributed by atoms with Crippen molar-refractivity contribution < 1.29 is 9.59 Å². The molecule has 5 heteroatoms. The highest BCUT2D eigenvalue weighted by atomic mass is 32.2. The molecule has 4 nitrogen and oxygen atoms in total. The molecule has 0 spiro atoms. The van der Waals surface area contributed by atoms with Crippen molar-refractivity contribution in [1.29, 1.82) is 0 Å². The van der Waals surface area contributed by atoms with Crippen LogP contribution in [0.1, 0.15) is 32.8 Å². The monoisotopic (exact) mass is 362 g/mol. The van der Waals surface area contributed by atoms with Crippen LogP contribution in [-0.2, 0) is 0 Å². The molecule has 0 aliphatic carbocycles. The third-order valence-corrected chi connectivity index (χ3v) is 5.61.